The monoisotopic (exact) mass is 122 g/mol. The molecule has 0 aromatic carbocycles. The summed E-state index contributed by atoms with van der Waals surface area (Å²) >= 11 is 0. The Morgan fingerprint density at radius 3 is 2.89 bits per heavy atom. The van der Waals surface area contributed by atoms with Crippen molar-refractivity contribution in [3.8, 4) is 0 Å². The molecule has 0 spiro atoms. The Morgan fingerprint density at radius 1 is 1.67 bits per heavy atom. The first-order chi connectivity index (χ1) is 4.34. The highest BCUT2D eigenvalue weighted by atomic mass is 14.2. The van der Waals surface area contributed by atoms with Crippen LogP contribution in [0.2, 0.25) is 0 Å². The SMILES string of the molecule is C=CC=C1CCCC1C. The summed E-state index contributed by atoms with van der Waals surface area (Å²) in [5.41, 5.74) is 1.59. The van der Waals surface area contributed by atoms with Crippen molar-refractivity contribution in [1.29, 1.82) is 0 Å². The maximum absolute atomic E-state index is 3.68. The molecule has 1 unspecified atom stereocenters. The Kier molecular flexibility index (Phi) is 2.10. The zero-order valence-electron chi connectivity index (χ0n) is 6.06. The molecule has 0 saturated heterocycles. The van der Waals surface area contributed by atoms with E-state index in [0.717, 1.165) is 5.92 Å². The zero-order chi connectivity index (χ0) is 6.69. The van der Waals surface area contributed by atoms with E-state index in [9.17, 15) is 0 Å². The van der Waals surface area contributed by atoms with Crippen LogP contribution < -0.4 is 0 Å². The molecule has 1 rings (SSSR count). The lowest BCUT2D eigenvalue weighted by molar-refractivity contribution is 0.696. The van der Waals surface area contributed by atoms with Gasteiger partial charge in [0.2, 0.25) is 0 Å². The number of hydrogen-bond donors (Lipinski definition) is 0. The summed E-state index contributed by atoms with van der Waals surface area (Å²) in [6.07, 6.45) is 8.11. The lowest BCUT2D eigenvalue weighted by Crippen LogP contribution is -1.86. The summed E-state index contributed by atoms with van der Waals surface area (Å²) in [7, 11) is 0. The van der Waals surface area contributed by atoms with Gasteiger partial charge in [0, 0.05) is 0 Å². The molecule has 0 aromatic rings. The largest absolute Gasteiger partial charge is 0.0991 e. The van der Waals surface area contributed by atoms with Crippen molar-refractivity contribution >= 4 is 0 Å². The molecule has 0 aromatic heterocycles. The fourth-order valence-corrected chi connectivity index (χ4v) is 1.44. The van der Waals surface area contributed by atoms with Crippen molar-refractivity contribution in [2.45, 2.75) is 26.2 Å². The molecule has 0 amide bonds. The highest BCUT2D eigenvalue weighted by Gasteiger charge is 2.14. The zero-order valence-corrected chi connectivity index (χ0v) is 6.06. The number of hydrogen-bond acceptors (Lipinski definition) is 0. The smallest absolute Gasteiger partial charge is 0.0228 e. The lowest BCUT2D eigenvalue weighted by atomic mass is 10.1. The third kappa shape index (κ3) is 1.44. The average Bonchev–Trinajstić information content (AvgIpc) is 2.18. The van der Waals surface area contributed by atoms with Gasteiger partial charge >= 0.3 is 0 Å². The highest BCUT2D eigenvalue weighted by Crippen LogP contribution is 2.29. The molecule has 0 radical (unpaired) electrons. The fourth-order valence-electron chi connectivity index (χ4n) is 1.44. The van der Waals surface area contributed by atoms with Gasteiger partial charge in [0.05, 0.1) is 0 Å². The molecule has 0 N–H and O–H groups in total. The number of rotatable bonds is 1. The first-order valence-corrected chi connectivity index (χ1v) is 3.66. The van der Waals surface area contributed by atoms with E-state index in [1.54, 1.807) is 5.57 Å². The molecule has 9 heavy (non-hydrogen) atoms. The van der Waals surface area contributed by atoms with Gasteiger partial charge in [-0.1, -0.05) is 31.2 Å². The van der Waals surface area contributed by atoms with Crippen LogP contribution in [0.5, 0.6) is 0 Å². The lowest BCUT2D eigenvalue weighted by Gasteiger charge is -2.00. The third-order valence-corrected chi connectivity index (χ3v) is 2.07. The molecular weight excluding hydrogens is 108 g/mol. The molecule has 0 heteroatoms. The summed E-state index contributed by atoms with van der Waals surface area (Å²) in [6.45, 7) is 5.98. The summed E-state index contributed by atoms with van der Waals surface area (Å²) in [5, 5.41) is 0. The molecule has 0 bridgehead atoms. The van der Waals surface area contributed by atoms with Crippen molar-refractivity contribution in [1.82, 2.24) is 0 Å². The summed E-state index contributed by atoms with van der Waals surface area (Å²) in [6, 6.07) is 0. The van der Waals surface area contributed by atoms with E-state index < -0.39 is 0 Å². The maximum atomic E-state index is 3.68. The second-order valence-corrected chi connectivity index (χ2v) is 2.77. The van der Waals surface area contributed by atoms with Gasteiger partial charge in [0.25, 0.3) is 0 Å². The van der Waals surface area contributed by atoms with E-state index in [-0.39, 0.29) is 0 Å². The quantitative estimate of drug-likeness (QED) is 0.501. The highest BCUT2D eigenvalue weighted by molar-refractivity contribution is 5.15. The summed E-state index contributed by atoms with van der Waals surface area (Å²) in [5.74, 6) is 0.822. The maximum Gasteiger partial charge on any atom is -0.0228 e. The van der Waals surface area contributed by atoms with Gasteiger partial charge in [-0.15, -0.1) is 0 Å². The van der Waals surface area contributed by atoms with Crippen LogP contribution in [0.3, 0.4) is 0 Å². The molecule has 1 aliphatic rings. The fraction of sp³-hybridized carbons (Fsp3) is 0.556. The van der Waals surface area contributed by atoms with Crippen molar-refractivity contribution in [3.63, 3.8) is 0 Å². The van der Waals surface area contributed by atoms with Gasteiger partial charge in [-0.3, -0.25) is 0 Å². The second-order valence-electron chi connectivity index (χ2n) is 2.77. The first kappa shape index (κ1) is 6.60. The summed E-state index contributed by atoms with van der Waals surface area (Å²) < 4.78 is 0. The predicted octanol–water partition coefficient (Wildman–Crippen LogP) is 2.92. The Balaban J connectivity index is 2.58. The molecular formula is C9H14. The number of allylic oxidation sites excluding steroid dienone is 3. The van der Waals surface area contributed by atoms with Crippen LogP contribution in [0.1, 0.15) is 26.2 Å². The minimum atomic E-state index is 0.822. The molecule has 1 fully saturated rings. The van der Waals surface area contributed by atoms with E-state index in [4.69, 9.17) is 0 Å². The molecule has 1 atom stereocenters. The first-order valence-electron chi connectivity index (χ1n) is 3.66. The van der Waals surface area contributed by atoms with Crippen LogP contribution in [0.4, 0.5) is 0 Å². The predicted molar refractivity (Wildman–Crippen MR) is 41.3 cm³/mol. The van der Waals surface area contributed by atoms with E-state index in [1.165, 1.54) is 19.3 Å². The van der Waals surface area contributed by atoms with Gasteiger partial charge in [-0.2, -0.15) is 0 Å². The van der Waals surface area contributed by atoms with Gasteiger partial charge in [0.1, 0.15) is 0 Å². The van der Waals surface area contributed by atoms with Crippen molar-refractivity contribution in [3.05, 3.63) is 24.3 Å². The Labute approximate surface area is 57.3 Å². The van der Waals surface area contributed by atoms with E-state index in [0.29, 0.717) is 0 Å². The standard InChI is InChI=1S/C9H14/c1-3-5-9-7-4-6-8(9)2/h3,5,8H,1,4,6-7H2,2H3. The van der Waals surface area contributed by atoms with Gasteiger partial charge < -0.3 is 0 Å². The van der Waals surface area contributed by atoms with Gasteiger partial charge in [-0.05, 0) is 25.2 Å². The minimum Gasteiger partial charge on any atom is -0.0991 e. The molecule has 1 saturated carbocycles. The molecule has 0 heterocycles. The van der Waals surface area contributed by atoms with E-state index in [1.807, 2.05) is 6.08 Å². The molecule has 1 aliphatic carbocycles. The Hall–Kier alpha value is -0.520. The topological polar surface area (TPSA) is 0 Å². The summed E-state index contributed by atoms with van der Waals surface area (Å²) in [4.78, 5) is 0. The normalized spacial score (nSPS) is 31.2. The Morgan fingerprint density at radius 2 is 2.44 bits per heavy atom. The van der Waals surface area contributed by atoms with Crippen LogP contribution in [0.15, 0.2) is 24.3 Å². The average molecular weight is 122 g/mol. The third-order valence-electron chi connectivity index (χ3n) is 2.07. The van der Waals surface area contributed by atoms with Gasteiger partial charge in [-0.25, -0.2) is 0 Å². The van der Waals surface area contributed by atoms with E-state index >= 15 is 0 Å². The second kappa shape index (κ2) is 2.86. The van der Waals surface area contributed by atoms with Crippen LogP contribution in [0.25, 0.3) is 0 Å². The Bertz CT molecular complexity index is 131. The van der Waals surface area contributed by atoms with Crippen molar-refractivity contribution < 1.29 is 0 Å². The van der Waals surface area contributed by atoms with Crippen molar-refractivity contribution in [2.24, 2.45) is 5.92 Å². The minimum absolute atomic E-state index is 0.822. The molecule has 0 nitrogen and oxygen atoms in total. The van der Waals surface area contributed by atoms with Crippen LogP contribution in [0, 0.1) is 5.92 Å². The molecule has 50 valence electrons. The van der Waals surface area contributed by atoms with Crippen molar-refractivity contribution in [2.75, 3.05) is 0 Å². The van der Waals surface area contributed by atoms with Gasteiger partial charge in [0.15, 0.2) is 0 Å². The van der Waals surface area contributed by atoms with E-state index in [2.05, 4.69) is 19.6 Å². The van der Waals surface area contributed by atoms with Crippen LogP contribution in [-0.4, -0.2) is 0 Å². The molecule has 0 aliphatic heterocycles. The van der Waals surface area contributed by atoms with Crippen LogP contribution >= 0.6 is 0 Å². The van der Waals surface area contributed by atoms with Crippen LogP contribution in [-0.2, 0) is 0 Å².